The largest absolute Gasteiger partial charge is 0.497 e. The molecule has 0 spiro atoms. The monoisotopic (exact) mass is 1020 g/mol. The SMILES string of the molecule is COc1ccc2nc3cc(Cl)ccc3c(NCCC[N+](C)(C)CCCSP(=O)(O)O[C@H]3C[C@H](n4cnc5c(N)ncnc54)O[C@@H]3COP(=O)(O)OC3C[C@H](n4ccc(N)nc4=O)O[C@@H]3CO)c2c1. The smallest absolute Gasteiger partial charge is 0.472 e. The first kappa shape index (κ1) is 49.9. The van der Waals surface area contributed by atoms with E-state index in [1.807, 2.05) is 36.4 Å². The Morgan fingerprint density at radius 3 is 2.44 bits per heavy atom. The number of imidazole rings is 1. The summed E-state index contributed by atoms with van der Waals surface area (Å²) in [6, 6.07) is 12.8. The van der Waals surface area contributed by atoms with Gasteiger partial charge in [-0.1, -0.05) is 11.6 Å². The number of phosphoric acid groups is 1. The second-order valence-electron chi connectivity index (χ2n) is 16.9. The number of phosphoric ester groups is 1. The predicted octanol–water partition coefficient (Wildman–Crippen LogP) is 4.87. The van der Waals surface area contributed by atoms with Gasteiger partial charge < -0.3 is 50.4 Å². The molecule has 6 heterocycles. The van der Waals surface area contributed by atoms with E-state index in [4.69, 9.17) is 55.8 Å². The van der Waals surface area contributed by atoms with Gasteiger partial charge >= 0.3 is 20.3 Å². The number of nitrogens with two attached hydrogens (primary N) is 2. The van der Waals surface area contributed by atoms with Crippen molar-refractivity contribution in [1.29, 1.82) is 0 Å². The summed E-state index contributed by atoms with van der Waals surface area (Å²) < 4.78 is 64.5. The van der Waals surface area contributed by atoms with Gasteiger partial charge in [-0.15, -0.1) is 0 Å². The number of nitrogen functional groups attached to an aromatic ring is 2. The Bertz CT molecular complexity index is 2940. The minimum Gasteiger partial charge on any atom is -0.497 e. The lowest BCUT2D eigenvalue weighted by molar-refractivity contribution is -0.890. The molecule has 2 fully saturated rings. The molecule has 2 saturated heterocycles. The predicted molar refractivity (Wildman–Crippen MR) is 255 cm³/mol. The van der Waals surface area contributed by atoms with Crippen molar-refractivity contribution in [3.8, 4) is 5.75 Å². The van der Waals surface area contributed by atoms with E-state index >= 15 is 0 Å². The summed E-state index contributed by atoms with van der Waals surface area (Å²) in [5, 5.41) is 16.1. The minimum atomic E-state index is -4.93. The van der Waals surface area contributed by atoms with Crippen LogP contribution in [0.2, 0.25) is 5.02 Å². The second kappa shape index (κ2) is 20.8. The zero-order chi connectivity index (χ0) is 48.4. The highest BCUT2D eigenvalue weighted by Crippen LogP contribution is 2.59. The number of aliphatic hydroxyl groups is 1. The zero-order valence-electron chi connectivity index (χ0n) is 37.2. The number of pyridine rings is 1. The Hall–Kier alpha value is -4.52. The summed E-state index contributed by atoms with van der Waals surface area (Å²) in [6.45, 7) is -3.39. The normalized spacial score (nSPS) is 22.8. The third-order valence-corrected chi connectivity index (χ3v) is 16.1. The Morgan fingerprint density at radius 1 is 0.926 bits per heavy atom. The topological polar surface area (TPSA) is 306 Å². The average molecular weight is 1020 g/mol. The maximum absolute atomic E-state index is 13.7. The molecule has 2 aromatic carbocycles. The van der Waals surface area contributed by atoms with Gasteiger partial charge in [0.15, 0.2) is 11.5 Å². The minimum absolute atomic E-state index is 0.00708. The number of nitrogens with one attached hydrogen (secondary N) is 1. The number of benzene rings is 2. The van der Waals surface area contributed by atoms with Crippen LogP contribution in [0.1, 0.15) is 38.1 Å². The van der Waals surface area contributed by atoms with Crippen LogP contribution in [0.3, 0.4) is 0 Å². The van der Waals surface area contributed by atoms with Crippen LogP contribution in [0.4, 0.5) is 17.3 Å². The summed E-state index contributed by atoms with van der Waals surface area (Å²) in [4.78, 5) is 55.5. The van der Waals surface area contributed by atoms with Crippen molar-refractivity contribution in [3.63, 3.8) is 0 Å². The first-order valence-electron chi connectivity index (χ1n) is 21.6. The summed E-state index contributed by atoms with van der Waals surface area (Å²) in [6.07, 6.45) is -1.15. The molecule has 68 heavy (non-hydrogen) atoms. The van der Waals surface area contributed by atoms with E-state index in [9.17, 15) is 28.8 Å². The highest BCUT2D eigenvalue weighted by molar-refractivity contribution is 8.54. The molecular weight excluding hydrogens is 968 g/mol. The molecule has 0 saturated carbocycles. The molecule has 27 heteroatoms. The number of nitrogens with zero attached hydrogens (tertiary/aromatic N) is 8. The first-order chi connectivity index (χ1) is 32.4. The molecule has 3 unspecified atom stereocenters. The van der Waals surface area contributed by atoms with E-state index in [2.05, 4.69) is 39.3 Å². The molecule has 0 aliphatic carbocycles. The third-order valence-electron chi connectivity index (χ3n) is 11.7. The average Bonchev–Trinajstić information content (AvgIpc) is 4.02. The standard InChI is InChI=1S/C41H52ClN11O12P2S/c1-53(2,13-4-11-45-37-26-8-6-24(42)16-29(26)49-28-9-7-25(60-3)17-27(28)37)14-5-15-68-67(58,59)65-31-19-36(52-23-48-38-39(44)46-22-47-40(38)52)63-33(31)21-61-66(56,57)64-30-18-35(62-32(30)20-54)51-12-10-34(43)50-41(51)55/h6-10,12,16-17,22-23,30-33,35-36,54H,4-5,11,13-15,18-21H2,1-3H3,(H6-,43,44,45,46,47,49,50,55,56,57,58,59)/p+1/t30?,31-,32+,33+,35+,36+/m0/s1. The molecule has 4 aromatic heterocycles. The number of anilines is 3. The van der Waals surface area contributed by atoms with Gasteiger partial charge in [0.2, 0.25) is 0 Å². The van der Waals surface area contributed by atoms with Gasteiger partial charge in [-0.05, 0) is 53.8 Å². The van der Waals surface area contributed by atoms with E-state index in [0.717, 1.165) is 62.2 Å². The van der Waals surface area contributed by atoms with Crippen LogP contribution in [0.15, 0.2) is 66.1 Å². The Balaban J connectivity index is 0.866. The Kier molecular flexibility index (Phi) is 15.3. The van der Waals surface area contributed by atoms with Gasteiger partial charge in [-0.2, -0.15) is 4.98 Å². The molecule has 8 N–H and O–H groups in total. The van der Waals surface area contributed by atoms with Crippen molar-refractivity contribution >= 4 is 87.9 Å². The lowest BCUT2D eigenvalue weighted by Gasteiger charge is -2.30. The van der Waals surface area contributed by atoms with Gasteiger partial charge in [-0.25, -0.2) is 33.9 Å². The molecule has 8 rings (SSSR count). The summed E-state index contributed by atoms with van der Waals surface area (Å²) in [5.41, 5.74) is 14.0. The summed E-state index contributed by atoms with van der Waals surface area (Å²) >= 11 is 7.09. The van der Waals surface area contributed by atoms with Gasteiger partial charge in [-0.3, -0.25) is 22.7 Å². The van der Waals surface area contributed by atoms with Crippen molar-refractivity contribution in [1.82, 2.24) is 34.1 Å². The molecule has 2 aliphatic rings. The lowest BCUT2D eigenvalue weighted by atomic mass is 10.1. The molecule has 0 bridgehead atoms. The number of methoxy groups -OCH3 is 1. The fraction of sp³-hybridized carbons (Fsp3) is 0.463. The number of fused-ring (bicyclic) bond motifs is 3. The molecule has 6 aromatic rings. The van der Waals surface area contributed by atoms with Crippen molar-refractivity contribution in [2.24, 2.45) is 0 Å². The van der Waals surface area contributed by atoms with E-state index in [1.165, 1.54) is 24.9 Å². The maximum Gasteiger partial charge on any atom is 0.472 e. The molecular formula is C41H53ClN11O12P2S+. The van der Waals surface area contributed by atoms with Crippen LogP contribution in [-0.2, 0) is 32.2 Å². The molecule has 0 radical (unpaired) electrons. The van der Waals surface area contributed by atoms with Crippen LogP contribution in [0.5, 0.6) is 5.75 Å². The van der Waals surface area contributed by atoms with Crippen molar-refractivity contribution in [2.45, 2.75) is 62.6 Å². The summed E-state index contributed by atoms with van der Waals surface area (Å²) in [7, 11) is 0.902. The molecule has 23 nitrogen and oxygen atoms in total. The van der Waals surface area contributed by atoms with Crippen LogP contribution in [0, 0.1) is 0 Å². The Labute approximate surface area is 398 Å². The van der Waals surface area contributed by atoms with E-state index in [1.54, 1.807) is 11.7 Å². The molecule has 366 valence electrons. The van der Waals surface area contributed by atoms with Gasteiger partial charge in [0.05, 0.1) is 70.6 Å². The number of hydrogen-bond donors (Lipinski definition) is 6. The first-order valence-corrected chi connectivity index (χ1v) is 26.6. The van der Waals surface area contributed by atoms with E-state index < -0.39 is 70.4 Å². The third kappa shape index (κ3) is 11.7. The lowest BCUT2D eigenvalue weighted by Crippen LogP contribution is -2.42. The van der Waals surface area contributed by atoms with Crippen LogP contribution in [0.25, 0.3) is 33.0 Å². The maximum atomic E-state index is 13.7. The Morgan fingerprint density at radius 2 is 1.68 bits per heavy atom. The van der Waals surface area contributed by atoms with Crippen molar-refractivity contribution in [2.75, 3.05) is 76.6 Å². The zero-order valence-corrected chi connectivity index (χ0v) is 40.6. The number of rotatable bonds is 21. The van der Waals surface area contributed by atoms with Gasteiger partial charge in [0.25, 0.3) is 0 Å². The second-order valence-corrected chi connectivity index (χ2v) is 22.8. The summed E-state index contributed by atoms with van der Waals surface area (Å²) in [5.74, 6) is 1.14. The number of hydrogen-bond acceptors (Lipinski definition) is 19. The van der Waals surface area contributed by atoms with Crippen LogP contribution >= 0.6 is 37.6 Å². The number of aromatic nitrogens is 7. The fourth-order valence-electron chi connectivity index (χ4n) is 8.29. The van der Waals surface area contributed by atoms with Crippen LogP contribution < -0.4 is 27.2 Å². The molecule has 2 aliphatic heterocycles. The number of ether oxygens (including phenoxy) is 3. The van der Waals surface area contributed by atoms with Crippen molar-refractivity contribution in [3.05, 3.63) is 76.8 Å². The van der Waals surface area contributed by atoms with E-state index in [0.29, 0.717) is 45.9 Å². The van der Waals surface area contributed by atoms with E-state index in [-0.39, 0.29) is 24.5 Å². The molecule has 8 atom stereocenters. The number of aliphatic hydroxyl groups excluding tert-OH is 1. The highest BCUT2D eigenvalue weighted by Gasteiger charge is 2.45. The number of quaternary nitrogens is 1. The van der Waals surface area contributed by atoms with Gasteiger partial charge in [0, 0.05) is 60.0 Å². The van der Waals surface area contributed by atoms with Crippen LogP contribution in [-0.4, -0.2) is 138 Å². The highest BCUT2D eigenvalue weighted by atomic mass is 35.5. The molecule has 0 amide bonds. The quantitative estimate of drug-likeness (QED) is 0.0242. The fourth-order valence-corrected chi connectivity index (χ4v) is 12.1. The van der Waals surface area contributed by atoms with Crippen molar-refractivity contribution < 1.29 is 56.3 Å². The number of halogens is 1. The van der Waals surface area contributed by atoms with Gasteiger partial charge in [0.1, 0.15) is 60.3 Å².